The van der Waals surface area contributed by atoms with Crippen molar-refractivity contribution in [1.82, 2.24) is 5.32 Å². The second-order valence-corrected chi connectivity index (χ2v) is 6.59. The Morgan fingerprint density at radius 2 is 1.96 bits per heavy atom. The summed E-state index contributed by atoms with van der Waals surface area (Å²) in [6.07, 6.45) is -3.13. The smallest absolute Gasteiger partial charge is 0.388 e. The van der Waals surface area contributed by atoms with E-state index >= 15 is 0 Å². The van der Waals surface area contributed by atoms with Crippen LogP contribution in [0.3, 0.4) is 0 Å². The molecule has 0 aromatic heterocycles. The van der Waals surface area contributed by atoms with E-state index in [1.807, 2.05) is 0 Å². The fraction of sp³-hybridized carbons (Fsp3) is 0.588. The van der Waals surface area contributed by atoms with Crippen molar-refractivity contribution in [3.8, 4) is 0 Å². The molecule has 24 heavy (non-hydrogen) atoms. The van der Waals surface area contributed by atoms with Gasteiger partial charge in [-0.1, -0.05) is 18.2 Å². The van der Waals surface area contributed by atoms with Gasteiger partial charge < -0.3 is 15.2 Å². The van der Waals surface area contributed by atoms with Crippen LogP contribution in [0.1, 0.15) is 36.3 Å². The standard InChI is InChI=1S/C17H20F3NO3/c18-17(19,20)14-4-2-1-3-11(14)12-9-13(12)15(22)21-10-16(23)5-7-24-8-6-16/h1-4,12-13,23H,5-10H2,(H,21,22). The quantitative estimate of drug-likeness (QED) is 0.883. The Labute approximate surface area is 138 Å². The van der Waals surface area contributed by atoms with Crippen LogP contribution in [0.15, 0.2) is 24.3 Å². The number of benzene rings is 1. The Balaban J connectivity index is 1.60. The number of halogens is 3. The molecular formula is C17H20F3NO3. The zero-order valence-electron chi connectivity index (χ0n) is 13.1. The van der Waals surface area contributed by atoms with Crippen LogP contribution >= 0.6 is 0 Å². The molecule has 4 nitrogen and oxygen atoms in total. The first kappa shape index (κ1) is 17.2. The number of carbonyl (C=O) groups excluding carboxylic acids is 1. The fourth-order valence-corrected chi connectivity index (χ4v) is 3.22. The molecule has 1 saturated heterocycles. The Hall–Kier alpha value is -1.60. The van der Waals surface area contributed by atoms with Crippen molar-refractivity contribution in [1.29, 1.82) is 0 Å². The van der Waals surface area contributed by atoms with Gasteiger partial charge in [0.25, 0.3) is 0 Å². The molecule has 0 bridgehead atoms. The number of aliphatic hydroxyl groups is 1. The molecule has 1 aromatic carbocycles. The predicted octanol–water partition coefficient (Wildman–Crippen LogP) is 2.47. The molecule has 1 aromatic rings. The first-order chi connectivity index (χ1) is 11.3. The summed E-state index contributed by atoms with van der Waals surface area (Å²) in [5.74, 6) is -1.17. The maximum atomic E-state index is 13.1. The summed E-state index contributed by atoms with van der Waals surface area (Å²) in [6.45, 7) is 0.994. The molecule has 1 amide bonds. The number of hydrogen-bond acceptors (Lipinski definition) is 3. The molecule has 132 valence electrons. The summed E-state index contributed by atoms with van der Waals surface area (Å²) in [7, 11) is 0. The highest BCUT2D eigenvalue weighted by atomic mass is 19.4. The second-order valence-electron chi connectivity index (χ2n) is 6.59. The number of alkyl halides is 3. The summed E-state index contributed by atoms with van der Waals surface area (Å²) >= 11 is 0. The number of rotatable bonds is 4. The highest BCUT2D eigenvalue weighted by Gasteiger charge is 2.48. The molecule has 2 aliphatic rings. The van der Waals surface area contributed by atoms with Gasteiger partial charge in [-0.3, -0.25) is 4.79 Å². The zero-order valence-corrected chi connectivity index (χ0v) is 13.1. The lowest BCUT2D eigenvalue weighted by atomic mass is 9.94. The van der Waals surface area contributed by atoms with Crippen LogP contribution in [0.4, 0.5) is 13.2 Å². The van der Waals surface area contributed by atoms with Crippen LogP contribution in [0.25, 0.3) is 0 Å². The van der Waals surface area contributed by atoms with Gasteiger partial charge in [0.1, 0.15) is 0 Å². The first-order valence-corrected chi connectivity index (χ1v) is 8.04. The van der Waals surface area contributed by atoms with Gasteiger partial charge in [0, 0.05) is 38.5 Å². The average molecular weight is 343 g/mol. The van der Waals surface area contributed by atoms with Crippen LogP contribution in [0.5, 0.6) is 0 Å². The fourth-order valence-electron chi connectivity index (χ4n) is 3.22. The SMILES string of the molecule is O=C(NCC1(O)CCOCC1)C1CC1c1ccccc1C(F)(F)F. The maximum Gasteiger partial charge on any atom is 0.416 e. The zero-order chi connectivity index (χ0) is 17.4. The van der Waals surface area contributed by atoms with Crippen LogP contribution in [0.2, 0.25) is 0 Å². The van der Waals surface area contributed by atoms with Crippen molar-refractivity contribution in [2.24, 2.45) is 5.92 Å². The minimum absolute atomic E-state index is 0.110. The lowest BCUT2D eigenvalue weighted by Gasteiger charge is -2.32. The Bertz CT molecular complexity index is 611. The van der Waals surface area contributed by atoms with E-state index in [4.69, 9.17) is 4.74 Å². The van der Waals surface area contributed by atoms with Crippen LogP contribution in [-0.4, -0.2) is 36.4 Å². The van der Waals surface area contributed by atoms with Crippen LogP contribution < -0.4 is 5.32 Å². The Morgan fingerprint density at radius 1 is 1.29 bits per heavy atom. The van der Waals surface area contributed by atoms with E-state index in [0.29, 0.717) is 32.5 Å². The molecule has 1 heterocycles. The number of hydrogen-bond donors (Lipinski definition) is 2. The third-order valence-corrected chi connectivity index (χ3v) is 4.81. The molecule has 2 unspecified atom stereocenters. The van der Waals surface area contributed by atoms with E-state index < -0.39 is 29.2 Å². The van der Waals surface area contributed by atoms with Crippen molar-refractivity contribution in [3.63, 3.8) is 0 Å². The first-order valence-electron chi connectivity index (χ1n) is 8.04. The maximum absolute atomic E-state index is 13.1. The third kappa shape index (κ3) is 3.72. The number of ether oxygens (including phenoxy) is 1. The van der Waals surface area contributed by atoms with Gasteiger partial charge in [0.15, 0.2) is 0 Å². The summed E-state index contributed by atoms with van der Waals surface area (Å²) in [5.41, 5.74) is -1.48. The predicted molar refractivity (Wildman–Crippen MR) is 80.3 cm³/mol. The minimum Gasteiger partial charge on any atom is -0.388 e. The number of nitrogens with one attached hydrogen (secondary N) is 1. The molecule has 1 aliphatic heterocycles. The average Bonchev–Trinajstić information content (AvgIpc) is 3.33. The van der Waals surface area contributed by atoms with E-state index in [9.17, 15) is 23.1 Å². The molecule has 2 N–H and O–H groups in total. The molecule has 2 fully saturated rings. The molecule has 1 aliphatic carbocycles. The Kier molecular flexibility index (Phi) is 4.57. The summed E-state index contributed by atoms with van der Waals surface area (Å²) < 4.78 is 44.4. The van der Waals surface area contributed by atoms with Crippen molar-refractivity contribution < 1.29 is 27.8 Å². The van der Waals surface area contributed by atoms with Crippen molar-refractivity contribution in [2.75, 3.05) is 19.8 Å². The van der Waals surface area contributed by atoms with Gasteiger partial charge in [-0.05, 0) is 24.0 Å². The van der Waals surface area contributed by atoms with Crippen molar-refractivity contribution in [2.45, 2.75) is 37.0 Å². The van der Waals surface area contributed by atoms with Gasteiger partial charge in [0.05, 0.1) is 11.2 Å². The van der Waals surface area contributed by atoms with E-state index in [-0.39, 0.29) is 18.0 Å². The summed E-state index contributed by atoms with van der Waals surface area (Å²) in [5, 5.41) is 13.0. The third-order valence-electron chi connectivity index (χ3n) is 4.81. The summed E-state index contributed by atoms with van der Waals surface area (Å²) in [4.78, 5) is 12.2. The van der Waals surface area contributed by atoms with Crippen molar-refractivity contribution >= 4 is 5.91 Å². The van der Waals surface area contributed by atoms with Crippen LogP contribution in [0, 0.1) is 5.92 Å². The van der Waals surface area contributed by atoms with E-state index in [1.54, 1.807) is 6.07 Å². The highest BCUT2D eigenvalue weighted by molar-refractivity contribution is 5.83. The van der Waals surface area contributed by atoms with Gasteiger partial charge >= 0.3 is 6.18 Å². The minimum atomic E-state index is -4.42. The molecular weight excluding hydrogens is 323 g/mol. The topological polar surface area (TPSA) is 58.6 Å². The molecule has 3 rings (SSSR count). The van der Waals surface area contributed by atoms with Crippen LogP contribution in [-0.2, 0) is 15.7 Å². The normalized spacial score (nSPS) is 26.0. The van der Waals surface area contributed by atoms with E-state index in [0.717, 1.165) is 6.07 Å². The van der Waals surface area contributed by atoms with Gasteiger partial charge in [-0.2, -0.15) is 13.2 Å². The largest absolute Gasteiger partial charge is 0.416 e. The lowest BCUT2D eigenvalue weighted by molar-refractivity contribution is -0.138. The molecule has 1 saturated carbocycles. The van der Waals surface area contributed by atoms with Gasteiger partial charge in [0.2, 0.25) is 5.91 Å². The molecule has 0 radical (unpaired) electrons. The molecule has 2 atom stereocenters. The Morgan fingerprint density at radius 3 is 2.62 bits per heavy atom. The van der Waals surface area contributed by atoms with Gasteiger partial charge in [-0.15, -0.1) is 0 Å². The van der Waals surface area contributed by atoms with E-state index in [2.05, 4.69) is 5.32 Å². The molecule has 0 spiro atoms. The van der Waals surface area contributed by atoms with Crippen molar-refractivity contribution in [3.05, 3.63) is 35.4 Å². The highest BCUT2D eigenvalue weighted by Crippen LogP contribution is 2.51. The summed E-state index contributed by atoms with van der Waals surface area (Å²) in [6, 6.07) is 5.40. The monoisotopic (exact) mass is 343 g/mol. The number of carbonyl (C=O) groups is 1. The molecule has 7 heteroatoms. The second kappa shape index (κ2) is 6.37. The van der Waals surface area contributed by atoms with Gasteiger partial charge in [-0.25, -0.2) is 0 Å². The number of amides is 1. The van der Waals surface area contributed by atoms with E-state index in [1.165, 1.54) is 12.1 Å². The lowest BCUT2D eigenvalue weighted by Crippen LogP contribution is -2.47.